The molecule has 1 N–H and O–H groups in total. The second-order valence-corrected chi connectivity index (χ2v) is 6.49. The van der Waals surface area contributed by atoms with Crippen molar-refractivity contribution in [2.45, 2.75) is 39.0 Å². The topological polar surface area (TPSA) is 37.8 Å². The molecule has 1 aromatic heterocycles. The molecule has 0 spiro atoms. The van der Waals surface area contributed by atoms with Gasteiger partial charge in [-0.05, 0) is 19.8 Å². The van der Waals surface area contributed by atoms with Crippen LogP contribution in [-0.2, 0) is 0 Å². The van der Waals surface area contributed by atoms with E-state index in [1.54, 1.807) is 0 Å². The van der Waals surface area contributed by atoms with E-state index in [-0.39, 0.29) is 5.41 Å². The molecule has 0 atom stereocenters. The van der Waals surface area contributed by atoms with Crippen LogP contribution in [0.3, 0.4) is 0 Å². The number of fused-ring (bicyclic) bond motifs is 1. The van der Waals surface area contributed by atoms with E-state index < -0.39 is 0 Å². The minimum Gasteiger partial charge on any atom is -0.367 e. The number of aryl methyl sites for hydroxylation is 1. The fourth-order valence-corrected chi connectivity index (χ4v) is 3.66. The van der Waals surface area contributed by atoms with Crippen LogP contribution in [0.2, 0.25) is 0 Å². The van der Waals surface area contributed by atoms with Crippen LogP contribution in [0.15, 0.2) is 24.3 Å². The molecule has 0 aliphatic heterocycles. The molecule has 0 radical (unpaired) electrons. The SMILES string of the molecule is Cc1nnc(NCC2(CCl)CCCCC2)c2ccccc12. The Balaban J connectivity index is 1.83. The average Bonchev–Trinajstić information content (AvgIpc) is 2.55. The van der Waals surface area contributed by atoms with E-state index in [1.807, 2.05) is 19.1 Å². The molecule has 0 unspecified atom stereocenters. The largest absolute Gasteiger partial charge is 0.367 e. The Morgan fingerprint density at radius 3 is 2.52 bits per heavy atom. The van der Waals surface area contributed by atoms with Gasteiger partial charge in [0.2, 0.25) is 0 Å². The number of halogens is 1. The highest BCUT2D eigenvalue weighted by molar-refractivity contribution is 6.18. The maximum absolute atomic E-state index is 6.27. The second kappa shape index (κ2) is 6.18. The summed E-state index contributed by atoms with van der Waals surface area (Å²) in [6, 6.07) is 8.30. The monoisotopic (exact) mass is 303 g/mol. The quantitative estimate of drug-likeness (QED) is 0.843. The molecule has 1 fully saturated rings. The number of anilines is 1. The van der Waals surface area contributed by atoms with E-state index in [1.165, 1.54) is 37.5 Å². The lowest BCUT2D eigenvalue weighted by Crippen LogP contribution is -2.34. The van der Waals surface area contributed by atoms with E-state index in [0.717, 1.165) is 29.3 Å². The molecule has 1 saturated carbocycles. The Morgan fingerprint density at radius 1 is 1.10 bits per heavy atom. The lowest BCUT2D eigenvalue weighted by atomic mass is 9.75. The second-order valence-electron chi connectivity index (χ2n) is 6.23. The van der Waals surface area contributed by atoms with E-state index in [9.17, 15) is 0 Å². The van der Waals surface area contributed by atoms with Crippen LogP contribution in [0, 0.1) is 12.3 Å². The average molecular weight is 304 g/mol. The van der Waals surface area contributed by atoms with E-state index in [0.29, 0.717) is 0 Å². The Bertz CT molecular complexity index is 620. The molecule has 3 nitrogen and oxygen atoms in total. The maximum Gasteiger partial charge on any atom is 0.156 e. The van der Waals surface area contributed by atoms with Gasteiger partial charge in [0.05, 0.1) is 5.69 Å². The third kappa shape index (κ3) is 2.98. The molecule has 1 heterocycles. The molecule has 1 aliphatic carbocycles. The number of alkyl halides is 1. The van der Waals surface area contributed by atoms with Crippen LogP contribution in [0.4, 0.5) is 5.82 Å². The van der Waals surface area contributed by atoms with Crippen molar-refractivity contribution in [1.82, 2.24) is 10.2 Å². The van der Waals surface area contributed by atoms with Gasteiger partial charge in [0.15, 0.2) is 5.82 Å². The molecule has 2 aromatic rings. The number of nitrogens with zero attached hydrogens (tertiary/aromatic N) is 2. The number of hydrogen-bond acceptors (Lipinski definition) is 3. The van der Waals surface area contributed by atoms with Gasteiger partial charge >= 0.3 is 0 Å². The number of benzene rings is 1. The first-order valence-electron chi connectivity index (χ1n) is 7.76. The summed E-state index contributed by atoms with van der Waals surface area (Å²) in [5.41, 5.74) is 1.19. The summed E-state index contributed by atoms with van der Waals surface area (Å²) in [7, 11) is 0. The highest BCUT2D eigenvalue weighted by Crippen LogP contribution is 2.37. The third-order valence-electron chi connectivity index (χ3n) is 4.70. The highest BCUT2D eigenvalue weighted by Gasteiger charge is 2.31. The zero-order valence-corrected chi connectivity index (χ0v) is 13.3. The van der Waals surface area contributed by atoms with Crippen LogP contribution in [0.25, 0.3) is 10.8 Å². The van der Waals surface area contributed by atoms with Gasteiger partial charge in [-0.3, -0.25) is 0 Å². The summed E-state index contributed by atoms with van der Waals surface area (Å²) < 4.78 is 0. The molecule has 4 heteroatoms. The molecule has 3 rings (SSSR count). The summed E-state index contributed by atoms with van der Waals surface area (Å²) in [5, 5.41) is 14.5. The fraction of sp³-hybridized carbons (Fsp3) is 0.529. The predicted molar refractivity (Wildman–Crippen MR) is 89.0 cm³/mol. The van der Waals surface area contributed by atoms with Crippen molar-refractivity contribution >= 4 is 28.2 Å². The summed E-state index contributed by atoms with van der Waals surface area (Å²) in [4.78, 5) is 0. The van der Waals surface area contributed by atoms with Crippen LogP contribution in [0.1, 0.15) is 37.8 Å². The van der Waals surface area contributed by atoms with Crippen molar-refractivity contribution in [3.63, 3.8) is 0 Å². The van der Waals surface area contributed by atoms with Gasteiger partial charge in [0.1, 0.15) is 0 Å². The smallest absolute Gasteiger partial charge is 0.156 e. The Kier molecular flexibility index (Phi) is 4.29. The first kappa shape index (κ1) is 14.6. The third-order valence-corrected chi connectivity index (χ3v) is 5.27. The van der Waals surface area contributed by atoms with Crippen molar-refractivity contribution in [2.24, 2.45) is 5.41 Å². The maximum atomic E-state index is 6.27. The van der Waals surface area contributed by atoms with Gasteiger partial charge in [-0.15, -0.1) is 16.7 Å². The lowest BCUT2D eigenvalue weighted by molar-refractivity contribution is 0.238. The molecule has 0 saturated heterocycles. The van der Waals surface area contributed by atoms with Gasteiger partial charge in [0.25, 0.3) is 0 Å². The standard InChI is InChI=1S/C17H22ClN3/c1-13-14-7-3-4-8-15(14)16(21-20-13)19-12-17(11-18)9-5-2-6-10-17/h3-4,7-8H,2,5-6,9-12H2,1H3,(H,19,21). The summed E-state index contributed by atoms with van der Waals surface area (Å²) in [6.07, 6.45) is 6.33. The zero-order valence-electron chi connectivity index (χ0n) is 12.5. The Morgan fingerprint density at radius 2 is 1.81 bits per heavy atom. The van der Waals surface area contributed by atoms with E-state index in [2.05, 4.69) is 27.6 Å². The number of rotatable bonds is 4. The molecule has 21 heavy (non-hydrogen) atoms. The van der Waals surface area contributed by atoms with Crippen LogP contribution in [-0.4, -0.2) is 22.6 Å². The fourth-order valence-electron chi connectivity index (χ4n) is 3.30. The molecule has 0 bridgehead atoms. The molecular formula is C17H22ClN3. The molecule has 1 aliphatic rings. The van der Waals surface area contributed by atoms with Gasteiger partial charge in [-0.2, -0.15) is 5.10 Å². The van der Waals surface area contributed by atoms with Gasteiger partial charge < -0.3 is 5.32 Å². The van der Waals surface area contributed by atoms with Gasteiger partial charge in [0, 0.05) is 28.6 Å². The molecule has 1 aromatic carbocycles. The van der Waals surface area contributed by atoms with Gasteiger partial charge in [-0.1, -0.05) is 43.5 Å². The predicted octanol–water partition coefficient (Wildman–Crippen LogP) is 4.54. The molecular weight excluding hydrogens is 282 g/mol. The van der Waals surface area contributed by atoms with Crippen molar-refractivity contribution in [3.8, 4) is 0 Å². The molecule has 0 amide bonds. The van der Waals surface area contributed by atoms with Crippen molar-refractivity contribution in [1.29, 1.82) is 0 Å². The Hall–Kier alpha value is -1.35. The van der Waals surface area contributed by atoms with E-state index in [4.69, 9.17) is 11.6 Å². The number of nitrogens with one attached hydrogen (secondary N) is 1. The van der Waals surface area contributed by atoms with Crippen molar-refractivity contribution < 1.29 is 0 Å². The first-order chi connectivity index (χ1) is 10.2. The number of aromatic nitrogens is 2. The zero-order chi connectivity index (χ0) is 14.7. The minimum atomic E-state index is 0.216. The van der Waals surface area contributed by atoms with Crippen LogP contribution < -0.4 is 5.32 Å². The van der Waals surface area contributed by atoms with Crippen LogP contribution in [0.5, 0.6) is 0 Å². The van der Waals surface area contributed by atoms with E-state index >= 15 is 0 Å². The normalized spacial score (nSPS) is 17.8. The highest BCUT2D eigenvalue weighted by atomic mass is 35.5. The van der Waals surface area contributed by atoms with Crippen molar-refractivity contribution in [2.75, 3.05) is 17.7 Å². The number of hydrogen-bond donors (Lipinski definition) is 1. The first-order valence-corrected chi connectivity index (χ1v) is 8.29. The molecule has 112 valence electrons. The summed E-state index contributed by atoms with van der Waals surface area (Å²) in [6.45, 7) is 2.89. The lowest BCUT2D eigenvalue weighted by Gasteiger charge is -2.35. The Labute approximate surface area is 131 Å². The van der Waals surface area contributed by atoms with Gasteiger partial charge in [-0.25, -0.2) is 0 Å². The minimum absolute atomic E-state index is 0.216. The summed E-state index contributed by atoms with van der Waals surface area (Å²) in [5.74, 6) is 1.60. The van der Waals surface area contributed by atoms with Crippen LogP contribution >= 0.6 is 11.6 Å². The van der Waals surface area contributed by atoms with Crippen molar-refractivity contribution in [3.05, 3.63) is 30.0 Å². The summed E-state index contributed by atoms with van der Waals surface area (Å²) >= 11 is 6.27.